The van der Waals surface area contributed by atoms with E-state index in [9.17, 15) is 13.6 Å². The first kappa shape index (κ1) is 28.4. The molecule has 3 nitrogen and oxygen atoms in total. The fourth-order valence-corrected chi connectivity index (χ4v) is 4.18. The second-order valence-electron chi connectivity index (χ2n) is 9.45. The highest BCUT2D eigenvalue weighted by Gasteiger charge is 2.13. The van der Waals surface area contributed by atoms with Crippen molar-refractivity contribution >= 4 is 5.97 Å². The third-order valence-electron chi connectivity index (χ3n) is 6.41. The molecule has 0 radical (unpaired) electrons. The maximum absolute atomic E-state index is 14.6. The summed E-state index contributed by atoms with van der Waals surface area (Å²) in [5, 5.41) is 0. The predicted octanol–water partition coefficient (Wildman–Crippen LogP) is 9.32. The minimum atomic E-state index is -0.645. The van der Waals surface area contributed by atoms with Gasteiger partial charge in [-0.2, -0.15) is 0 Å². The highest BCUT2D eigenvalue weighted by molar-refractivity contribution is 5.91. The topological polar surface area (TPSA) is 35.5 Å². The van der Waals surface area contributed by atoms with Crippen LogP contribution in [0.25, 0.3) is 11.1 Å². The van der Waals surface area contributed by atoms with Gasteiger partial charge in [-0.25, -0.2) is 13.6 Å². The monoisotopic (exact) mass is 508 g/mol. The summed E-state index contributed by atoms with van der Waals surface area (Å²) in [5.41, 5.74) is 2.60. The van der Waals surface area contributed by atoms with Gasteiger partial charge in [-0.15, -0.1) is 0 Å². The number of benzene rings is 3. The molecule has 0 atom stereocenters. The lowest BCUT2D eigenvalue weighted by atomic mass is 10.0. The van der Waals surface area contributed by atoms with Gasteiger partial charge in [0.15, 0.2) is 23.1 Å². The number of halogens is 2. The number of rotatable bonds is 15. The van der Waals surface area contributed by atoms with E-state index in [-0.39, 0.29) is 17.1 Å². The van der Waals surface area contributed by atoms with Crippen LogP contribution in [0, 0.1) is 11.6 Å². The molecule has 0 saturated heterocycles. The van der Waals surface area contributed by atoms with Gasteiger partial charge in [-0.05, 0) is 72.4 Å². The standard InChI is InChI=1S/C32H38F2O3/c1-3-5-7-8-9-11-21-36-30-20-18-27(23-29(30)34)25-14-16-26(17-15-25)32(35)37-31-19-13-24(22-28(31)33)12-10-6-4-2/h13-20,22-23H,3-12,21H2,1-2H3. The maximum Gasteiger partial charge on any atom is 0.343 e. The lowest BCUT2D eigenvalue weighted by Gasteiger charge is -2.10. The summed E-state index contributed by atoms with van der Waals surface area (Å²) >= 11 is 0. The van der Waals surface area contributed by atoms with Crippen LogP contribution in [0.1, 0.15) is 87.6 Å². The Bertz CT molecular complexity index is 1130. The molecule has 0 aliphatic heterocycles. The summed E-state index contributed by atoms with van der Waals surface area (Å²) in [6.45, 7) is 4.81. The summed E-state index contributed by atoms with van der Waals surface area (Å²) in [6.07, 6.45) is 10.9. The van der Waals surface area contributed by atoms with Gasteiger partial charge in [0.25, 0.3) is 0 Å². The summed E-state index contributed by atoms with van der Waals surface area (Å²) in [4.78, 5) is 12.5. The van der Waals surface area contributed by atoms with Crippen LogP contribution in [0.4, 0.5) is 8.78 Å². The van der Waals surface area contributed by atoms with Crippen LogP contribution in [0.5, 0.6) is 11.5 Å². The van der Waals surface area contributed by atoms with E-state index >= 15 is 0 Å². The lowest BCUT2D eigenvalue weighted by Crippen LogP contribution is -2.09. The zero-order valence-corrected chi connectivity index (χ0v) is 22.0. The molecular weight excluding hydrogens is 470 g/mol. The molecule has 0 fully saturated rings. The molecule has 0 bridgehead atoms. The minimum absolute atomic E-state index is 0.0908. The predicted molar refractivity (Wildman–Crippen MR) is 145 cm³/mol. The molecule has 0 unspecified atom stereocenters. The Morgan fingerprint density at radius 1 is 0.676 bits per heavy atom. The van der Waals surface area contributed by atoms with Crippen molar-refractivity contribution in [2.45, 2.75) is 78.1 Å². The number of carbonyl (C=O) groups is 1. The van der Waals surface area contributed by atoms with Crippen LogP contribution in [-0.2, 0) is 6.42 Å². The molecule has 3 aromatic carbocycles. The molecule has 0 aliphatic carbocycles. The Kier molecular flexibility index (Phi) is 11.6. The second-order valence-corrected chi connectivity index (χ2v) is 9.45. The molecule has 0 spiro atoms. The van der Waals surface area contributed by atoms with E-state index in [0.29, 0.717) is 12.2 Å². The molecule has 0 saturated carbocycles. The number of esters is 1. The SMILES string of the molecule is CCCCCCCCOc1ccc(-c2ccc(C(=O)Oc3ccc(CCCCC)cc3F)cc2)cc1F. The van der Waals surface area contributed by atoms with Gasteiger partial charge in [0, 0.05) is 0 Å². The van der Waals surface area contributed by atoms with Crippen LogP contribution in [0.15, 0.2) is 60.7 Å². The third kappa shape index (κ3) is 8.99. The first-order valence-corrected chi connectivity index (χ1v) is 13.5. The smallest absolute Gasteiger partial charge is 0.343 e. The summed E-state index contributed by atoms with van der Waals surface area (Å²) in [5.74, 6) is -1.45. The molecular formula is C32H38F2O3. The quantitative estimate of drug-likeness (QED) is 0.117. The van der Waals surface area contributed by atoms with E-state index in [2.05, 4.69) is 13.8 Å². The van der Waals surface area contributed by atoms with E-state index in [1.54, 1.807) is 42.5 Å². The third-order valence-corrected chi connectivity index (χ3v) is 6.41. The van der Waals surface area contributed by atoms with Crippen LogP contribution < -0.4 is 9.47 Å². The molecule has 3 aromatic rings. The van der Waals surface area contributed by atoms with Gasteiger partial charge in [0.1, 0.15) is 0 Å². The van der Waals surface area contributed by atoms with Gasteiger partial charge < -0.3 is 9.47 Å². The Morgan fingerprint density at radius 2 is 1.30 bits per heavy atom. The van der Waals surface area contributed by atoms with Gasteiger partial charge in [-0.1, -0.05) is 83.1 Å². The van der Waals surface area contributed by atoms with E-state index in [4.69, 9.17) is 9.47 Å². The molecule has 0 N–H and O–H groups in total. The van der Waals surface area contributed by atoms with Gasteiger partial charge in [0.2, 0.25) is 0 Å². The van der Waals surface area contributed by atoms with Crippen molar-refractivity contribution in [3.8, 4) is 22.6 Å². The Morgan fingerprint density at radius 3 is 2.00 bits per heavy atom. The number of carbonyl (C=O) groups excluding carboxylic acids is 1. The van der Waals surface area contributed by atoms with Gasteiger partial charge >= 0.3 is 5.97 Å². The van der Waals surface area contributed by atoms with Crippen LogP contribution >= 0.6 is 0 Å². The molecule has 3 rings (SSSR count). The van der Waals surface area contributed by atoms with E-state index in [0.717, 1.165) is 49.7 Å². The van der Waals surface area contributed by atoms with Crippen LogP contribution in [0.3, 0.4) is 0 Å². The Balaban J connectivity index is 1.54. The van der Waals surface area contributed by atoms with Crippen molar-refractivity contribution in [3.63, 3.8) is 0 Å². The lowest BCUT2D eigenvalue weighted by molar-refractivity contribution is 0.0728. The molecule has 0 aromatic heterocycles. The molecule has 0 amide bonds. The zero-order chi connectivity index (χ0) is 26.5. The number of unbranched alkanes of at least 4 members (excludes halogenated alkanes) is 7. The highest BCUT2D eigenvalue weighted by Crippen LogP contribution is 2.27. The number of hydrogen-bond donors (Lipinski definition) is 0. The van der Waals surface area contributed by atoms with Crippen molar-refractivity contribution in [3.05, 3.63) is 83.4 Å². The normalized spacial score (nSPS) is 10.9. The van der Waals surface area contributed by atoms with Gasteiger partial charge in [0.05, 0.1) is 12.2 Å². The van der Waals surface area contributed by atoms with Crippen molar-refractivity contribution in [1.29, 1.82) is 0 Å². The van der Waals surface area contributed by atoms with Crippen molar-refractivity contribution in [1.82, 2.24) is 0 Å². The average Bonchev–Trinajstić information content (AvgIpc) is 2.90. The van der Waals surface area contributed by atoms with E-state index in [1.807, 2.05) is 0 Å². The summed E-state index contributed by atoms with van der Waals surface area (Å²) in [6, 6.07) is 16.2. The van der Waals surface area contributed by atoms with Crippen LogP contribution in [-0.4, -0.2) is 12.6 Å². The zero-order valence-electron chi connectivity index (χ0n) is 22.0. The Hall–Kier alpha value is -3.21. The maximum atomic E-state index is 14.6. The average molecular weight is 509 g/mol. The second kappa shape index (κ2) is 15.1. The van der Waals surface area contributed by atoms with Crippen molar-refractivity contribution in [2.75, 3.05) is 6.61 Å². The summed E-state index contributed by atoms with van der Waals surface area (Å²) in [7, 11) is 0. The van der Waals surface area contributed by atoms with Gasteiger partial charge in [-0.3, -0.25) is 0 Å². The van der Waals surface area contributed by atoms with E-state index in [1.165, 1.54) is 43.9 Å². The molecule has 37 heavy (non-hydrogen) atoms. The number of aryl methyl sites for hydroxylation is 1. The largest absolute Gasteiger partial charge is 0.491 e. The highest BCUT2D eigenvalue weighted by atomic mass is 19.1. The van der Waals surface area contributed by atoms with Crippen molar-refractivity contribution in [2.24, 2.45) is 0 Å². The fourth-order valence-electron chi connectivity index (χ4n) is 4.18. The number of ether oxygens (including phenoxy) is 2. The molecule has 5 heteroatoms. The van der Waals surface area contributed by atoms with Crippen molar-refractivity contribution < 1.29 is 23.0 Å². The molecule has 0 heterocycles. The molecule has 198 valence electrons. The fraction of sp³-hybridized carbons (Fsp3) is 0.406. The molecule has 0 aliphatic rings. The first-order chi connectivity index (χ1) is 18.0. The number of hydrogen-bond acceptors (Lipinski definition) is 3. The summed E-state index contributed by atoms with van der Waals surface area (Å²) < 4.78 is 39.9. The Labute approximate surface area is 219 Å². The minimum Gasteiger partial charge on any atom is -0.491 e. The van der Waals surface area contributed by atoms with Crippen LogP contribution in [0.2, 0.25) is 0 Å². The van der Waals surface area contributed by atoms with E-state index < -0.39 is 17.6 Å². The first-order valence-electron chi connectivity index (χ1n) is 13.5.